The molecule has 34 heavy (non-hydrogen) atoms. The number of carbonyl (C=O) groups is 1. The fraction of sp³-hybridized carbons (Fsp3) is 0.333. The SMILES string of the molecule is COc1cccc(-c2cccnc2[C@@H](CCOc2ccccc2Cl)NC(=O)C2CCNCC2)c1. The molecule has 1 aliphatic heterocycles. The molecule has 0 spiro atoms. The van der Waals surface area contributed by atoms with Crippen LogP contribution in [0, 0.1) is 5.92 Å². The fourth-order valence-corrected chi connectivity index (χ4v) is 4.42. The Hall–Kier alpha value is -3.09. The van der Waals surface area contributed by atoms with E-state index in [0.29, 0.717) is 23.8 Å². The Kier molecular flexibility index (Phi) is 8.39. The van der Waals surface area contributed by atoms with Crippen molar-refractivity contribution in [2.75, 3.05) is 26.8 Å². The van der Waals surface area contributed by atoms with E-state index in [2.05, 4.69) is 10.6 Å². The number of nitrogens with one attached hydrogen (secondary N) is 2. The van der Waals surface area contributed by atoms with Crippen LogP contribution in [-0.2, 0) is 4.79 Å². The molecule has 1 aromatic heterocycles. The third-order valence-electron chi connectivity index (χ3n) is 6.08. The van der Waals surface area contributed by atoms with Crippen molar-refractivity contribution in [3.8, 4) is 22.6 Å². The normalized spacial score (nSPS) is 14.9. The van der Waals surface area contributed by atoms with Crippen LogP contribution >= 0.6 is 11.6 Å². The van der Waals surface area contributed by atoms with Gasteiger partial charge < -0.3 is 20.1 Å². The maximum Gasteiger partial charge on any atom is 0.223 e. The van der Waals surface area contributed by atoms with Crippen molar-refractivity contribution >= 4 is 17.5 Å². The topological polar surface area (TPSA) is 72.5 Å². The molecule has 178 valence electrons. The van der Waals surface area contributed by atoms with Crippen molar-refractivity contribution in [2.45, 2.75) is 25.3 Å². The van der Waals surface area contributed by atoms with Crippen LogP contribution in [0.3, 0.4) is 0 Å². The number of piperidine rings is 1. The number of amides is 1. The molecule has 2 aromatic carbocycles. The zero-order valence-corrected chi connectivity index (χ0v) is 20.1. The molecule has 0 radical (unpaired) electrons. The first-order valence-electron chi connectivity index (χ1n) is 11.6. The average molecular weight is 480 g/mol. The van der Waals surface area contributed by atoms with Gasteiger partial charge in [-0.2, -0.15) is 0 Å². The average Bonchev–Trinajstić information content (AvgIpc) is 2.89. The van der Waals surface area contributed by atoms with Crippen LogP contribution in [0.5, 0.6) is 11.5 Å². The predicted octanol–water partition coefficient (Wildman–Crippen LogP) is 5.04. The van der Waals surface area contributed by atoms with Gasteiger partial charge in [-0.05, 0) is 61.8 Å². The third-order valence-corrected chi connectivity index (χ3v) is 6.39. The molecule has 0 saturated carbocycles. The van der Waals surface area contributed by atoms with Crippen molar-refractivity contribution in [3.05, 3.63) is 77.6 Å². The fourth-order valence-electron chi connectivity index (χ4n) is 4.23. The molecular formula is C27H30ClN3O3. The minimum absolute atomic E-state index is 0.00258. The van der Waals surface area contributed by atoms with Crippen molar-refractivity contribution in [3.63, 3.8) is 0 Å². The number of benzene rings is 2. The molecular weight excluding hydrogens is 450 g/mol. The molecule has 1 amide bonds. The van der Waals surface area contributed by atoms with E-state index >= 15 is 0 Å². The van der Waals surface area contributed by atoms with Crippen LogP contribution in [-0.4, -0.2) is 37.7 Å². The highest BCUT2D eigenvalue weighted by atomic mass is 35.5. The third kappa shape index (κ3) is 6.07. The number of nitrogens with zero attached hydrogens (tertiary/aromatic N) is 1. The summed E-state index contributed by atoms with van der Waals surface area (Å²) in [5.74, 6) is 1.45. The first-order valence-corrected chi connectivity index (χ1v) is 12.0. The number of hydrogen-bond donors (Lipinski definition) is 2. The number of halogens is 1. The predicted molar refractivity (Wildman–Crippen MR) is 134 cm³/mol. The number of carbonyl (C=O) groups excluding carboxylic acids is 1. The van der Waals surface area contributed by atoms with E-state index in [-0.39, 0.29) is 17.9 Å². The van der Waals surface area contributed by atoms with Crippen LogP contribution in [0.15, 0.2) is 66.9 Å². The molecule has 3 aromatic rings. The van der Waals surface area contributed by atoms with E-state index in [9.17, 15) is 4.79 Å². The molecule has 1 atom stereocenters. The summed E-state index contributed by atoms with van der Waals surface area (Å²) in [6.45, 7) is 2.10. The number of pyridine rings is 1. The maximum atomic E-state index is 13.2. The Morgan fingerprint density at radius 2 is 1.97 bits per heavy atom. The largest absolute Gasteiger partial charge is 0.497 e. The van der Waals surface area contributed by atoms with Gasteiger partial charge in [0.25, 0.3) is 0 Å². The Bertz CT molecular complexity index is 1100. The van der Waals surface area contributed by atoms with Crippen LogP contribution < -0.4 is 20.1 Å². The van der Waals surface area contributed by atoms with E-state index in [1.165, 1.54) is 0 Å². The number of ether oxygens (including phenoxy) is 2. The second kappa shape index (κ2) is 11.9. The van der Waals surface area contributed by atoms with Gasteiger partial charge in [0, 0.05) is 24.1 Å². The summed E-state index contributed by atoms with van der Waals surface area (Å²) in [6, 6.07) is 18.9. The molecule has 0 aliphatic carbocycles. The molecule has 2 N–H and O–H groups in total. The monoisotopic (exact) mass is 479 g/mol. The summed E-state index contributed by atoms with van der Waals surface area (Å²) < 4.78 is 11.4. The van der Waals surface area contributed by atoms with Crippen LogP contribution in [0.1, 0.15) is 31.0 Å². The Morgan fingerprint density at radius 1 is 1.15 bits per heavy atom. The molecule has 4 rings (SSSR count). The van der Waals surface area contributed by atoms with E-state index in [0.717, 1.165) is 48.5 Å². The molecule has 2 heterocycles. The second-order valence-electron chi connectivity index (χ2n) is 8.32. The van der Waals surface area contributed by atoms with Crippen molar-refractivity contribution in [2.24, 2.45) is 5.92 Å². The highest BCUT2D eigenvalue weighted by Gasteiger charge is 2.26. The summed E-state index contributed by atoms with van der Waals surface area (Å²) in [5.41, 5.74) is 2.74. The Balaban J connectivity index is 1.59. The zero-order valence-electron chi connectivity index (χ0n) is 19.3. The molecule has 7 heteroatoms. The lowest BCUT2D eigenvalue weighted by atomic mass is 9.94. The van der Waals surface area contributed by atoms with Gasteiger partial charge in [0.15, 0.2) is 0 Å². The van der Waals surface area contributed by atoms with Gasteiger partial charge in [-0.1, -0.05) is 41.9 Å². The molecule has 0 unspecified atom stereocenters. The van der Waals surface area contributed by atoms with Crippen molar-refractivity contribution < 1.29 is 14.3 Å². The Labute approximate surface area is 205 Å². The van der Waals surface area contributed by atoms with Crippen LogP contribution in [0.4, 0.5) is 0 Å². The highest BCUT2D eigenvalue weighted by molar-refractivity contribution is 6.32. The lowest BCUT2D eigenvalue weighted by Gasteiger charge is -2.26. The van der Waals surface area contributed by atoms with Crippen molar-refractivity contribution in [1.29, 1.82) is 0 Å². The number of hydrogen-bond acceptors (Lipinski definition) is 5. The van der Waals surface area contributed by atoms with E-state index in [4.69, 9.17) is 26.1 Å². The van der Waals surface area contributed by atoms with Gasteiger partial charge in [-0.15, -0.1) is 0 Å². The first kappa shape index (κ1) is 24.0. The van der Waals surface area contributed by atoms with Gasteiger partial charge in [-0.3, -0.25) is 9.78 Å². The minimum Gasteiger partial charge on any atom is -0.497 e. The highest BCUT2D eigenvalue weighted by Crippen LogP contribution is 2.31. The van der Waals surface area contributed by atoms with Gasteiger partial charge in [-0.25, -0.2) is 0 Å². The smallest absolute Gasteiger partial charge is 0.223 e. The summed E-state index contributed by atoms with van der Waals surface area (Å²) in [4.78, 5) is 17.9. The summed E-state index contributed by atoms with van der Waals surface area (Å²) in [6.07, 6.45) is 3.98. The Morgan fingerprint density at radius 3 is 2.76 bits per heavy atom. The van der Waals surface area contributed by atoms with E-state index in [1.54, 1.807) is 19.4 Å². The first-order chi connectivity index (χ1) is 16.7. The minimum atomic E-state index is -0.313. The molecule has 0 bridgehead atoms. The van der Waals surface area contributed by atoms with Crippen LogP contribution in [0.2, 0.25) is 5.02 Å². The quantitative estimate of drug-likeness (QED) is 0.450. The summed E-state index contributed by atoms with van der Waals surface area (Å²) in [7, 11) is 1.65. The van der Waals surface area contributed by atoms with Gasteiger partial charge in [0.05, 0.1) is 30.5 Å². The molecule has 1 saturated heterocycles. The number of methoxy groups -OCH3 is 1. The molecule has 1 fully saturated rings. The molecule has 1 aliphatic rings. The second-order valence-corrected chi connectivity index (χ2v) is 8.73. The number of para-hydroxylation sites is 1. The summed E-state index contributed by atoms with van der Waals surface area (Å²) >= 11 is 6.25. The van der Waals surface area contributed by atoms with Gasteiger partial charge in [0.1, 0.15) is 11.5 Å². The van der Waals surface area contributed by atoms with E-state index < -0.39 is 0 Å². The number of aromatic nitrogens is 1. The van der Waals surface area contributed by atoms with E-state index in [1.807, 2.05) is 54.6 Å². The summed E-state index contributed by atoms with van der Waals surface area (Å²) in [5, 5.41) is 7.15. The van der Waals surface area contributed by atoms with Gasteiger partial charge in [0.2, 0.25) is 5.91 Å². The molecule has 6 nitrogen and oxygen atoms in total. The van der Waals surface area contributed by atoms with Gasteiger partial charge >= 0.3 is 0 Å². The lowest BCUT2D eigenvalue weighted by Crippen LogP contribution is -2.40. The number of rotatable bonds is 9. The van der Waals surface area contributed by atoms with Crippen LogP contribution in [0.25, 0.3) is 11.1 Å². The standard InChI is InChI=1S/C27H30ClN3O3/c1-33-21-7-4-6-20(18-21)22-8-5-14-30-26(22)24(31-27(32)19-11-15-29-16-12-19)13-17-34-25-10-3-2-9-23(25)28/h2-10,14,18-19,24,29H,11-13,15-17H2,1H3,(H,31,32)/t24-/m1/s1. The zero-order chi connectivity index (χ0) is 23.8. The lowest BCUT2D eigenvalue weighted by molar-refractivity contribution is -0.126. The van der Waals surface area contributed by atoms with Crippen molar-refractivity contribution in [1.82, 2.24) is 15.6 Å². The maximum absolute atomic E-state index is 13.2.